The number of aliphatic imine (C=N–C) groups is 1. The van der Waals surface area contributed by atoms with Gasteiger partial charge >= 0.3 is 15.5 Å². The standard InChI is InChI=1S/C17H32F3N5O2S.HI/c1-13-10-14(2)12-24(11-13)9-6-22-16(21-3)23-15-4-7-25(8-5-15)28(26,27)17(18,19)20;/h13-15H,4-12H2,1-3H3,(H2,21,22,23);1H. The lowest BCUT2D eigenvalue weighted by atomic mass is 9.92. The summed E-state index contributed by atoms with van der Waals surface area (Å²) in [7, 11) is -3.60. The average Bonchev–Trinajstić information content (AvgIpc) is 2.59. The van der Waals surface area contributed by atoms with Crippen LogP contribution in [0, 0.1) is 11.8 Å². The molecule has 2 rings (SSSR count). The number of sulfonamides is 1. The van der Waals surface area contributed by atoms with Crippen LogP contribution in [0.3, 0.4) is 0 Å². The number of guanidine groups is 1. The third-order valence-corrected chi connectivity index (χ3v) is 6.95. The van der Waals surface area contributed by atoms with Crippen LogP contribution in [0.15, 0.2) is 4.99 Å². The van der Waals surface area contributed by atoms with E-state index < -0.39 is 15.5 Å². The Bertz CT molecular complexity index is 629. The Kier molecular flexibility index (Phi) is 10.4. The highest BCUT2D eigenvalue weighted by Gasteiger charge is 2.50. The lowest BCUT2D eigenvalue weighted by Crippen LogP contribution is -2.52. The summed E-state index contributed by atoms with van der Waals surface area (Å²) in [6, 6.07) is -0.110. The van der Waals surface area contributed by atoms with Crippen LogP contribution in [0.4, 0.5) is 13.2 Å². The summed E-state index contributed by atoms with van der Waals surface area (Å²) in [5, 5.41) is 6.43. The third kappa shape index (κ3) is 7.69. The highest BCUT2D eigenvalue weighted by molar-refractivity contribution is 14.0. The van der Waals surface area contributed by atoms with Gasteiger partial charge in [0.25, 0.3) is 0 Å². The molecule has 7 nitrogen and oxygen atoms in total. The Balaban J connectivity index is 0.00000420. The molecule has 12 heteroatoms. The molecule has 0 amide bonds. The molecule has 0 aromatic carbocycles. The highest BCUT2D eigenvalue weighted by atomic mass is 127. The van der Waals surface area contributed by atoms with Crippen molar-refractivity contribution >= 4 is 40.0 Å². The number of halogens is 4. The number of nitrogens with zero attached hydrogens (tertiary/aromatic N) is 3. The fourth-order valence-electron chi connectivity index (χ4n) is 4.08. The van der Waals surface area contributed by atoms with Gasteiger partial charge in [-0.25, -0.2) is 8.42 Å². The van der Waals surface area contributed by atoms with E-state index in [-0.39, 0.29) is 43.1 Å². The van der Waals surface area contributed by atoms with Gasteiger partial charge < -0.3 is 15.5 Å². The van der Waals surface area contributed by atoms with Crippen molar-refractivity contribution in [3.8, 4) is 0 Å². The van der Waals surface area contributed by atoms with Crippen LogP contribution in [0.2, 0.25) is 0 Å². The predicted octanol–water partition coefficient (Wildman–Crippen LogP) is 2.06. The van der Waals surface area contributed by atoms with Crippen molar-refractivity contribution in [3.05, 3.63) is 0 Å². The molecule has 2 saturated heterocycles. The van der Waals surface area contributed by atoms with Crippen molar-refractivity contribution in [2.75, 3.05) is 46.3 Å². The summed E-state index contributed by atoms with van der Waals surface area (Å²) in [6.07, 6.45) is 1.87. The van der Waals surface area contributed by atoms with Gasteiger partial charge in [-0.3, -0.25) is 4.99 Å². The number of hydrogen-bond donors (Lipinski definition) is 2. The number of alkyl halides is 3. The molecule has 0 aromatic rings. The van der Waals surface area contributed by atoms with E-state index in [0.29, 0.717) is 34.9 Å². The minimum atomic E-state index is -5.24. The molecule has 0 spiro atoms. The van der Waals surface area contributed by atoms with Crippen molar-refractivity contribution in [3.63, 3.8) is 0 Å². The topological polar surface area (TPSA) is 77.0 Å². The molecule has 2 N–H and O–H groups in total. The lowest BCUT2D eigenvalue weighted by molar-refractivity contribution is -0.0494. The van der Waals surface area contributed by atoms with Crippen molar-refractivity contribution in [1.82, 2.24) is 19.8 Å². The summed E-state index contributed by atoms with van der Waals surface area (Å²) in [5.41, 5.74) is -5.24. The smallest absolute Gasteiger partial charge is 0.355 e. The predicted molar refractivity (Wildman–Crippen MR) is 119 cm³/mol. The molecule has 0 radical (unpaired) electrons. The van der Waals surface area contributed by atoms with E-state index in [4.69, 9.17) is 0 Å². The Hall–Kier alpha value is -0.340. The molecule has 2 atom stereocenters. The van der Waals surface area contributed by atoms with Crippen molar-refractivity contribution in [2.24, 2.45) is 16.8 Å². The highest BCUT2D eigenvalue weighted by Crippen LogP contribution is 2.29. The molecular weight excluding hydrogens is 522 g/mol. The first-order valence-electron chi connectivity index (χ1n) is 9.79. The molecule has 0 aromatic heterocycles. The number of nitrogens with one attached hydrogen (secondary N) is 2. The number of rotatable bonds is 5. The Labute approximate surface area is 188 Å². The first kappa shape index (κ1) is 26.7. The van der Waals surface area contributed by atoms with Gasteiger partial charge in [0, 0.05) is 52.4 Å². The molecule has 29 heavy (non-hydrogen) atoms. The molecular formula is C17H33F3IN5O2S. The minimum Gasteiger partial charge on any atom is -0.355 e. The third-order valence-electron chi connectivity index (χ3n) is 5.32. The summed E-state index contributed by atoms with van der Waals surface area (Å²) in [6.45, 7) is 8.02. The van der Waals surface area contributed by atoms with Gasteiger partial charge in [0.1, 0.15) is 0 Å². The second-order valence-electron chi connectivity index (χ2n) is 7.97. The van der Waals surface area contributed by atoms with Crippen LogP contribution in [-0.2, 0) is 10.0 Å². The van der Waals surface area contributed by atoms with Crippen LogP contribution in [0.1, 0.15) is 33.1 Å². The molecule has 172 valence electrons. The molecule has 2 unspecified atom stereocenters. The summed E-state index contributed by atoms with van der Waals surface area (Å²) in [4.78, 5) is 6.60. The van der Waals surface area contributed by atoms with Crippen LogP contribution in [0.25, 0.3) is 0 Å². The van der Waals surface area contributed by atoms with E-state index in [9.17, 15) is 21.6 Å². The molecule has 2 fully saturated rings. The quantitative estimate of drug-likeness (QED) is 0.309. The molecule has 2 heterocycles. The molecule has 0 bridgehead atoms. The maximum atomic E-state index is 12.6. The maximum Gasteiger partial charge on any atom is 0.511 e. The van der Waals surface area contributed by atoms with Crippen LogP contribution in [0.5, 0.6) is 0 Å². The number of piperidine rings is 2. The van der Waals surface area contributed by atoms with Crippen LogP contribution >= 0.6 is 24.0 Å². The fraction of sp³-hybridized carbons (Fsp3) is 0.941. The second-order valence-corrected chi connectivity index (χ2v) is 9.90. The van der Waals surface area contributed by atoms with Gasteiger partial charge in [0.15, 0.2) is 5.96 Å². The molecule has 0 aliphatic carbocycles. The van der Waals surface area contributed by atoms with Gasteiger partial charge in [0.05, 0.1) is 0 Å². The Morgan fingerprint density at radius 2 is 1.69 bits per heavy atom. The SMILES string of the molecule is CN=C(NCCN1CC(C)CC(C)C1)NC1CCN(S(=O)(=O)C(F)(F)F)CC1.I. The van der Waals surface area contributed by atoms with E-state index in [1.54, 1.807) is 7.05 Å². The number of likely N-dealkylation sites (tertiary alicyclic amines) is 1. The van der Waals surface area contributed by atoms with E-state index in [2.05, 4.69) is 34.4 Å². The maximum absolute atomic E-state index is 12.6. The largest absolute Gasteiger partial charge is 0.511 e. The van der Waals surface area contributed by atoms with Crippen molar-refractivity contribution in [1.29, 1.82) is 0 Å². The fourth-order valence-corrected chi connectivity index (χ4v) is 5.07. The number of hydrogen-bond acceptors (Lipinski definition) is 4. The zero-order valence-corrected chi connectivity index (χ0v) is 20.4. The van der Waals surface area contributed by atoms with Gasteiger partial charge in [-0.15, -0.1) is 24.0 Å². The molecule has 2 aliphatic heterocycles. The van der Waals surface area contributed by atoms with Crippen LogP contribution in [-0.4, -0.2) is 81.4 Å². The van der Waals surface area contributed by atoms with E-state index in [0.717, 1.165) is 26.2 Å². The Morgan fingerprint density at radius 3 is 2.17 bits per heavy atom. The Morgan fingerprint density at radius 1 is 1.14 bits per heavy atom. The van der Waals surface area contributed by atoms with E-state index >= 15 is 0 Å². The van der Waals surface area contributed by atoms with E-state index in [1.165, 1.54) is 6.42 Å². The van der Waals surface area contributed by atoms with Gasteiger partial charge in [-0.2, -0.15) is 17.5 Å². The van der Waals surface area contributed by atoms with Gasteiger partial charge in [0.2, 0.25) is 0 Å². The van der Waals surface area contributed by atoms with Crippen LogP contribution < -0.4 is 10.6 Å². The van der Waals surface area contributed by atoms with E-state index in [1.807, 2.05) is 0 Å². The molecule has 0 saturated carbocycles. The average molecular weight is 555 g/mol. The summed E-state index contributed by atoms with van der Waals surface area (Å²) < 4.78 is 61.4. The first-order valence-corrected chi connectivity index (χ1v) is 11.2. The monoisotopic (exact) mass is 555 g/mol. The zero-order valence-electron chi connectivity index (χ0n) is 17.2. The van der Waals surface area contributed by atoms with Gasteiger partial charge in [-0.05, 0) is 31.1 Å². The van der Waals surface area contributed by atoms with Crippen molar-refractivity contribution < 1.29 is 21.6 Å². The zero-order chi connectivity index (χ0) is 20.9. The first-order chi connectivity index (χ1) is 13.0. The second kappa shape index (κ2) is 11.3. The van der Waals surface area contributed by atoms with Gasteiger partial charge in [-0.1, -0.05) is 13.8 Å². The minimum absolute atomic E-state index is 0. The lowest BCUT2D eigenvalue weighted by Gasteiger charge is -2.35. The summed E-state index contributed by atoms with van der Waals surface area (Å²) >= 11 is 0. The summed E-state index contributed by atoms with van der Waals surface area (Å²) in [5.74, 6) is 1.98. The normalized spacial score (nSPS) is 26.1. The van der Waals surface area contributed by atoms with Crippen molar-refractivity contribution in [2.45, 2.75) is 44.7 Å². The molecule has 2 aliphatic rings.